The molecule has 17 heavy (non-hydrogen) atoms. The molecule has 0 spiro atoms. The number of aromatic nitrogens is 1. The average molecular weight is 311 g/mol. The first kappa shape index (κ1) is 12.7. The molecule has 4 heteroatoms. The second-order valence-corrected chi connectivity index (χ2v) is 5.64. The lowest BCUT2D eigenvalue weighted by Gasteiger charge is -2.15. The zero-order valence-corrected chi connectivity index (χ0v) is 12.1. The highest BCUT2D eigenvalue weighted by Crippen LogP contribution is 2.31. The summed E-state index contributed by atoms with van der Waals surface area (Å²) in [4.78, 5) is 5.72. The van der Waals surface area contributed by atoms with Crippen LogP contribution in [0.4, 0.5) is 0 Å². The van der Waals surface area contributed by atoms with Crippen LogP contribution < -0.4 is 5.32 Å². The fourth-order valence-electron chi connectivity index (χ4n) is 1.80. The molecule has 2 nitrogen and oxygen atoms in total. The van der Waals surface area contributed by atoms with E-state index in [9.17, 15) is 0 Å². The van der Waals surface area contributed by atoms with E-state index in [1.54, 1.807) is 11.3 Å². The number of hydrogen-bond acceptors (Lipinski definition) is 3. The van der Waals surface area contributed by atoms with Gasteiger partial charge in [-0.2, -0.15) is 0 Å². The molecule has 2 aromatic rings. The summed E-state index contributed by atoms with van der Waals surface area (Å²) in [5.74, 6) is 0. The average Bonchev–Trinajstić information content (AvgIpc) is 2.78. The monoisotopic (exact) mass is 310 g/mol. The van der Waals surface area contributed by atoms with Gasteiger partial charge in [0.25, 0.3) is 0 Å². The van der Waals surface area contributed by atoms with Crippen LogP contribution in [0.2, 0.25) is 0 Å². The van der Waals surface area contributed by atoms with Crippen LogP contribution >= 0.6 is 27.3 Å². The number of thiophene rings is 1. The van der Waals surface area contributed by atoms with Crippen molar-refractivity contribution < 1.29 is 0 Å². The third-order valence-electron chi connectivity index (χ3n) is 2.73. The van der Waals surface area contributed by atoms with Crippen LogP contribution in [0.1, 0.15) is 23.0 Å². The van der Waals surface area contributed by atoms with Gasteiger partial charge in [-0.05, 0) is 59.4 Å². The van der Waals surface area contributed by atoms with Crippen LogP contribution in [0.15, 0.2) is 40.3 Å². The first-order chi connectivity index (χ1) is 8.31. The van der Waals surface area contributed by atoms with E-state index < -0.39 is 0 Å². The maximum absolute atomic E-state index is 4.35. The minimum absolute atomic E-state index is 0.395. The van der Waals surface area contributed by atoms with Gasteiger partial charge in [-0.1, -0.05) is 6.07 Å². The summed E-state index contributed by atoms with van der Waals surface area (Å²) < 4.78 is 1.20. The van der Waals surface area contributed by atoms with Crippen LogP contribution in [-0.2, 0) is 6.42 Å². The minimum atomic E-state index is 0.395. The number of pyridine rings is 1. The molecule has 0 radical (unpaired) electrons. The van der Waals surface area contributed by atoms with Crippen molar-refractivity contribution in [1.29, 1.82) is 0 Å². The van der Waals surface area contributed by atoms with Gasteiger partial charge in [0.1, 0.15) is 0 Å². The van der Waals surface area contributed by atoms with Crippen molar-refractivity contribution in [3.05, 3.63) is 50.9 Å². The molecule has 2 rings (SSSR count). The maximum atomic E-state index is 4.35. The van der Waals surface area contributed by atoms with E-state index in [2.05, 4.69) is 43.7 Å². The third kappa shape index (κ3) is 3.37. The fourth-order valence-corrected chi connectivity index (χ4v) is 3.59. The Morgan fingerprint density at radius 1 is 1.41 bits per heavy atom. The molecule has 2 heterocycles. The number of nitrogens with one attached hydrogen (secondary N) is 1. The summed E-state index contributed by atoms with van der Waals surface area (Å²) in [7, 11) is 2.01. The van der Waals surface area contributed by atoms with Gasteiger partial charge in [0, 0.05) is 27.3 Å². The Bertz CT molecular complexity index is 455. The van der Waals surface area contributed by atoms with Crippen molar-refractivity contribution in [2.75, 3.05) is 7.05 Å². The van der Waals surface area contributed by atoms with Crippen molar-refractivity contribution in [2.45, 2.75) is 18.9 Å². The fraction of sp³-hybridized carbons (Fsp3) is 0.308. The highest BCUT2D eigenvalue weighted by molar-refractivity contribution is 9.10. The molecular formula is C13H15BrN2S. The molecule has 0 aliphatic carbocycles. The topological polar surface area (TPSA) is 24.9 Å². The summed E-state index contributed by atoms with van der Waals surface area (Å²) in [6, 6.07) is 8.57. The number of nitrogens with zero attached hydrogens (tertiary/aromatic N) is 1. The molecule has 90 valence electrons. The lowest BCUT2D eigenvalue weighted by molar-refractivity contribution is 0.552. The molecule has 2 aromatic heterocycles. The van der Waals surface area contributed by atoms with E-state index in [0.717, 1.165) is 18.5 Å². The Kier molecular flexibility index (Phi) is 4.71. The first-order valence-electron chi connectivity index (χ1n) is 5.61. The van der Waals surface area contributed by atoms with Crippen molar-refractivity contribution in [3.8, 4) is 0 Å². The van der Waals surface area contributed by atoms with Gasteiger partial charge in [0.15, 0.2) is 0 Å². The molecule has 0 aliphatic rings. The van der Waals surface area contributed by atoms with Crippen molar-refractivity contribution in [1.82, 2.24) is 10.3 Å². The SMILES string of the molecule is CNC(CCc1ccccn1)c1sccc1Br. The van der Waals surface area contributed by atoms with Gasteiger partial charge in [-0.15, -0.1) is 11.3 Å². The Labute approximate surface area is 114 Å². The molecule has 1 N–H and O–H groups in total. The largest absolute Gasteiger partial charge is 0.312 e. The smallest absolute Gasteiger partial charge is 0.0427 e. The van der Waals surface area contributed by atoms with E-state index in [4.69, 9.17) is 0 Å². The van der Waals surface area contributed by atoms with Gasteiger partial charge >= 0.3 is 0 Å². The van der Waals surface area contributed by atoms with Crippen LogP contribution in [0.25, 0.3) is 0 Å². The molecule has 0 amide bonds. The minimum Gasteiger partial charge on any atom is -0.312 e. The van der Waals surface area contributed by atoms with Crippen molar-refractivity contribution >= 4 is 27.3 Å². The zero-order chi connectivity index (χ0) is 12.1. The van der Waals surface area contributed by atoms with E-state index in [0.29, 0.717) is 6.04 Å². The summed E-state index contributed by atoms with van der Waals surface area (Å²) in [6.07, 6.45) is 3.91. The van der Waals surface area contributed by atoms with Crippen LogP contribution in [0.3, 0.4) is 0 Å². The summed E-state index contributed by atoms with van der Waals surface area (Å²) >= 11 is 5.38. The molecule has 0 saturated heterocycles. The molecule has 1 atom stereocenters. The summed E-state index contributed by atoms with van der Waals surface area (Å²) in [5.41, 5.74) is 1.15. The standard InChI is InChI=1S/C13H15BrN2S/c1-15-12(13-11(14)7-9-17-13)6-5-10-4-2-3-8-16-10/h2-4,7-9,12,15H,5-6H2,1H3. The number of rotatable bonds is 5. The highest BCUT2D eigenvalue weighted by Gasteiger charge is 2.13. The Balaban J connectivity index is 2.00. The van der Waals surface area contributed by atoms with E-state index in [-0.39, 0.29) is 0 Å². The molecule has 1 unspecified atom stereocenters. The van der Waals surface area contributed by atoms with Crippen molar-refractivity contribution in [3.63, 3.8) is 0 Å². The molecule has 0 aromatic carbocycles. The molecule has 0 bridgehead atoms. The van der Waals surface area contributed by atoms with Crippen LogP contribution in [-0.4, -0.2) is 12.0 Å². The highest BCUT2D eigenvalue weighted by atomic mass is 79.9. The lowest BCUT2D eigenvalue weighted by Crippen LogP contribution is -2.16. The summed E-state index contributed by atoms with van der Waals surface area (Å²) in [6.45, 7) is 0. The molecule has 0 saturated carbocycles. The lowest BCUT2D eigenvalue weighted by atomic mass is 10.1. The number of hydrogen-bond donors (Lipinski definition) is 1. The van der Waals surface area contributed by atoms with Crippen molar-refractivity contribution in [2.24, 2.45) is 0 Å². The first-order valence-corrected chi connectivity index (χ1v) is 7.28. The predicted molar refractivity (Wildman–Crippen MR) is 76.4 cm³/mol. The molecule has 0 aliphatic heterocycles. The predicted octanol–water partition coefficient (Wildman–Crippen LogP) is 3.80. The van der Waals surface area contributed by atoms with Gasteiger partial charge in [0.2, 0.25) is 0 Å². The zero-order valence-electron chi connectivity index (χ0n) is 9.69. The maximum Gasteiger partial charge on any atom is 0.0427 e. The van der Waals surface area contributed by atoms with Gasteiger partial charge in [-0.25, -0.2) is 0 Å². The van der Waals surface area contributed by atoms with E-state index >= 15 is 0 Å². The summed E-state index contributed by atoms with van der Waals surface area (Å²) in [5, 5.41) is 5.48. The van der Waals surface area contributed by atoms with Crippen LogP contribution in [0.5, 0.6) is 0 Å². The second kappa shape index (κ2) is 6.28. The third-order valence-corrected chi connectivity index (χ3v) is 4.71. The quantitative estimate of drug-likeness (QED) is 0.908. The number of aryl methyl sites for hydroxylation is 1. The Hall–Kier alpha value is -0.710. The van der Waals surface area contributed by atoms with E-state index in [1.807, 2.05) is 25.4 Å². The van der Waals surface area contributed by atoms with Gasteiger partial charge in [-0.3, -0.25) is 4.98 Å². The second-order valence-electron chi connectivity index (χ2n) is 3.83. The normalized spacial score (nSPS) is 12.6. The Morgan fingerprint density at radius 3 is 2.88 bits per heavy atom. The number of halogens is 1. The van der Waals surface area contributed by atoms with Crippen LogP contribution in [0, 0.1) is 0 Å². The molecular weight excluding hydrogens is 296 g/mol. The van der Waals surface area contributed by atoms with E-state index in [1.165, 1.54) is 9.35 Å². The molecule has 0 fully saturated rings. The Morgan fingerprint density at radius 2 is 2.29 bits per heavy atom. The van der Waals surface area contributed by atoms with Gasteiger partial charge < -0.3 is 5.32 Å². The van der Waals surface area contributed by atoms with Gasteiger partial charge in [0.05, 0.1) is 0 Å².